The SMILES string of the molecule is O=C(c1ccc(Br)o1)N1CC2CC1CO2. The highest BCUT2D eigenvalue weighted by atomic mass is 79.9. The Kier molecular flexibility index (Phi) is 2.10. The number of furan rings is 1. The van der Waals surface area contributed by atoms with E-state index in [2.05, 4.69) is 15.9 Å². The van der Waals surface area contributed by atoms with Crippen LogP contribution in [-0.4, -0.2) is 36.1 Å². The minimum atomic E-state index is -0.0310. The Morgan fingerprint density at radius 1 is 1.53 bits per heavy atom. The highest BCUT2D eigenvalue weighted by Crippen LogP contribution is 2.29. The maximum absolute atomic E-state index is 12.0. The maximum atomic E-state index is 12.0. The van der Waals surface area contributed by atoms with Crippen LogP contribution in [0.4, 0.5) is 0 Å². The lowest BCUT2D eigenvalue weighted by Gasteiger charge is -2.25. The van der Waals surface area contributed by atoms with E-state index >= 15 is 0 Å². The van der Waals surface area contributed by atoms with Crippen LogP contribution in [0.25, 0.3) is 0 Å². The molecule has 2 saturated heterocycles. The molecule has 3 heterocycles. The van der Waals surface area contributed by atoms with E-state index < -0.39 is 0 Å². The zero-order valence-electron chi connectivity index (χ0n) is 7.98. The van der Waals surface area contributed by atoms with E-state index in [1.54, 1.807) is 12.1 Å². The fraction of sp³-hybridized carbons (Fsp3) is 0.500. The first kappa shape index (κ1) is 9.42. The first-order valence-corrected chi connectivity index (χ1v) is 5.71. The molecule has 0 radical (unpaired) electrons. The number of nitrogens with zero attached hydrogens (tertiary/aromatic N) is 1. The van der Waals surface area contributed by atoms with Gasteiger partial charge in [-0.2, -0.15) is 0 Å². The first-order chi connectivity index (χ1) is 7.24. The molecule has 2 fully saturated rings. The third kappa shape index (κ3) is 1.50. The number of hydrogen-bond acceptors (Lipinski definition) is 3. The molecule has 1 aromatic rings. The molecule has 80 valence electrons. The van der Waals surface area contributed by atoms with Gasteiger partial charge < -0.3 is 14.1 Å². The summed E-state index contributed by atoms with van der Waals surface area (Å²) in [5.41, 5.74) is 0. The van der Waals surface area contributed by atoms with Crippen LogP contribution >= 0.6 is 15.9 Å². The zero-order valence-corrected chi connectivity index (χ0v) is 9.57. The largest absolute Gasteiger partial charge is 0.444 e. The van der Waals surface area contributed by atoms with Crippen LogP contribution in [-0.2, 0) is 4.74 Å². The maximum Gasteiger partial charge on any atom is 0.290 e. The Balaban J connectivity index is 1.81. The van der Waals surface area contributed by atoms with Crippen LogP contribution in [0.1, 0.15) is 17.0 Å². The summed E-state index contributed by atoms with van der Waals surface area (Å²) < 4.78 is 11.3. The van der Waals surface area contributed by atoms with Crippen molar-refractivity contribution in [2.75, 3.05) is 13.2 Å². The van der Waals surface area contributed by atoms with Gasteiger partial charge in [0.2, 0.25) is 0 Å². The molecule has 2 aliphatic heterocycles. The van der Waals surface area contributed by atoms with E-state index in [0.717, 1.165) is 6.42 Å². The number of rotatable bonds is 1. The summed E-state index contributed by atoms with van der Waals surface area (Å²) in [5.74, 6) is 0.367. The van der Waals surface area contributed by atoms with Crippen molar-refractivity contribution in [3.63, 3.8) is 0 Å². The number of ether oxygens (including phenoxy) is 1. The van der Waals surface area contributed by atoms with E-state index in [1.807, 2.05) is 4.90 Å². The van der Waals surface area contributed by atoms with Crippen molar-refractivity contribution >= 4 is 21.8 Å². The van der Waals surface area contributed by atoms with E-state index in [0.29, 0.717) is 23.6 Å². The van der Waals surface area contributed by atoms with Gasteiger partial charge in [0.15, 0.2) is 10.4 Å². The fourth-order valence-electron chi connectivity index (χ4n) is 2.22. The van der Waals surface area contributed by atoms with Crippen LogP contribution in [0.3, 0.4) is 0 Å². The molecule has 3 rings (SSSR count). The molecule has 2 unspecified atom stereocenters. The summed E-state index contributed by atoms with van der Waals surface area (Å²) in [6.07, 6.45) is 1.20. The molecule has 2 aliphatic rings. The molecule has 0 spiro atoms. The van der Waals surface area contributed by atoms with Gasteiger partial charge in [0.25, 0.3) is 5.91 Å². The topological polar surface area (TPSA) is 42.7 Å². The van der Waals surface area contributed by atoms with Crippen LogP contribution < -0.4 is 0 Å². The van der Waals surface area contributed by atoms with Gasteiger partial charge in [0.05, 0.1) is 18.8 Å². The smallest absolute Gasteiger partial charge is 0.290 e. The number of fused-ring (bicyclic) bond motifs is 2. The van der Waals surface area contributed by atoms with Crippen LogP contribution in [0.15, 0.2) is 21.2 Å². The second-order valence-corrected chi connectivity index (χ2v) is 4.69. The van der Waals surface area contributed by atoms with Crippen LogP contribution in [0.2, 0.25) is 0 Å². The minimum Gasteiger partial charge on any atom is -0.444 e. The van der Waals surface area contributed by atoms with Gasteiger partial charge in [0, 0.05) is 6.54 Å². The van der Waals surface area contributed by atoms with E-state index in [9.17, 15) is 4.79 Å². The van der Waals surface area contributed by atoms with Crippen molar-refractivity contribution in [3.05, 3.63) is 22.6 Å². The molecule has 5 heteroatoms. The zero-order chi connectivity index (χ0) is 10.4. The molecule has 15 heavy (non-hydrogen) atoms. The molecule has 2 atom stereocenters. The average Bonchev–Trinajstić information content (AvgIpc) is 2.90. The van der Waals surface area contributed by atoms with Crippen molar-refractivity contribution < 1.29 is 13.9 Å². The van der Waals surface area contributed by atoms with Gasteiger partial charge in [-0.15, -0.1) is 0 Å². The molecular weight excluding hydrogens is 262 g/mol. The lowest BCUT2D eigenvalue weighted by Crippen LogP contribution is -2.41. The quantitative estimate of drug-likeness (QED) is 0.780. The molecular formula is C10H10BrNO3. The highest BCUT2D eigenvalue weighted by molar-refractivity contribution is 9.10. The fourth-order valence-corrected chi connectivity index (χ4v) is 2.53. The van der Waals surface area contributed by atoms with Crippen molar-refractivity contribution in [1.29, 1.82) is 0 Å². The second-order valence-electron chi connectivity index (χ2n) is 3.91. The number of likely N-dealkylation sites (tertiary alicyclic amines) is 1. The van der Waals surface area contributed by atoms with Gasteiger partial charge >= 0.3 is 0 Å². The van der Waals surface area contributed by atoms with Crippen LogP contribution in [0, 0.1) is 0 Å². The van der Waals surface area contributed by atoms with Crippen LogP contribution in [0.5, 0.6) is 0 Å². The second kappa shape index (κ2) is 3.35. The van der Waals surface area contributed by atoms with E-state index in [4.69, 9.17) is 9.15 Å². The normalized spacial score (nSPS) is 28.7. The Morgan fingerprint density at radius 3 is 2.93 bits per heavy atom. The summed E-state index contributed by atoms with van der Waals surface area (Å²) in [7, 11) is 0. The monoisotopic (exact) mass is 271 g/mol. The Hall–Kier alpha value is -0.810. The summed E-state index contributed by atoms with van der Waals surface area (Å²) in [5, 5.41) is 0. The van der Waals surface area contributed by atoms with Gasteiger partial charge in [-0.3, -0.25) is 4.79 Å². The standard InChI is InChI=1S/C10H10BrNO3/c11-9-2-1-8(15-9)10(13)12-4-7-3-6(12)5-14-7/h1-2,6-7H,3-5H2. The first-order valence-electron chi connectivity index (χ1n) is 4.92. The molecule has 0 aromatic carbocycles. The number of carbonyl (C=O) groups excluding carboxylic acids is 1. The third-order valence-corrected chi connectivity index (χ3v) is 3.37. The van der Waals surface area contributed by atoms with Gasteiger partial charge in [-0.1, -0.05) is 0 Å². The van der Waals surface area contributed by atoms with Gasteiger partial charge in [-0.25, -0.2) is 0 Å². The Labute approximate surface area is 95.3 Å². The lowest BCUT2D eigenvalue weighted by molar-refractivity contribution is 0.0240. The van der Waals surface area contributed by atoms with E-state index in [-0.39, 0.29) is 18.1 Å². The summed E-state index contributed by atoms with van der Waals surface area (Å²) >= 11 is 3.19. The summed E-state index contributed by atoms with van der Waals surface area (Å²) in [6.45, 7) is 1.36. The predicted octanol–water partition coefficient (Wildman–Crippen LogP) is 1.66. The number of morpholine rings is 1. The van der Waals surface area contributed by atoms with Crippen molar-refractivity contribution in [2.24, 2.45) is 0 Å². The number of hydrogen-bond donors (Lipinski definition) is 0. The third-order valence-electron chi connectivity index (χ3n) is 2.95. The molecule has 4 nitrogen and oxygen atoms in total. The molecule has 0 N–H and O–H groups in total. The molecule has 2 bridgehead atoms. The minimum absolute atomic E-state index is 0.0310. The molecule has 1 aromatic heterocycles. The molecule has 0 aliphatic carbocycles. The summed E-state index contributed by atoms with van der Waals surface area (Å²) in [4.78, 5) is 13.9. The lowest BCUT2D eigenvalue weighted by atomic mass is 10.2. The van der Waals surface area contributed by atoms with E-state index in [1.165, 1.54) is 0 Å². The number of carbonyl (C=O) groups is 1. The summed E-state index contributed by atoms with van der Waals surface area (Å²) in [6, 6.07) is 3.67. The highest BCUT2D eigenvalue weighted by Gasteiger charge is 2.42. The number of halogens is 1. The molecule has 1 amide bonds. The number of amides is 1. The Morgan fingerprint density at radius 2 is 2.40 bits per heavy atom. The van der Waals surface area contributed by atoms with Gasteiger partial charge in [-0.05, 0) is 34.5 Å². The average molecular weight is 272 g/mol. The Bertz CT molecular complexity index is 403. The van der Waals surface area contributed by atoms with Crippen molar-refractivity contribution in [3.8, 4) is 0 Å². The van der Waals surface area contributed by atoms with Gasteiger partial charge in [0.1, 0.15) is 0 Å². The van der Waals surface area contributed by atoms with Crippen molar-refractivity contribution in [2.45, 2.75) is 18.6 Å². The predicted molar refractivity (Wildman–Crippen MR) is 55.6 cm³/mol. The van der Waals surface area contributed by atoms with Crippen molar-refractivity contribution in [1.82, 2.24) is 4.90 Å². The molecule has 0 saturated carbocycles.